The zero-order valence-corrected chi connectivity index (χ0v) is 20.6. The zero-order valence-electron chi connectivity index (χ0n) is 19.8. The van der Waals surface area contributed by atoms with Crippen molar-refractivity contribution in [3.05, 3.63) is 98.8 Å². The molecule has 2 aliphatic rings. The van der Waals surface area contributed by atoms with Crippen LogP contribution in [0.5, 0.6) is 0 Å². The molecule has 0 unspecified atom stereocenters. The van der Waals surface area contributed by atoms with Crippen LogP contribution in [0.2, 0.25) is 5.02 Å². The lowest BCUT2D eigenvalue weighted by Crippen LogP contribution is -2.33. The Hall–Kier alpha value is -3.90. The number of nitro benzene ring substituents is 1. The Morgan fingerprint density at radius 3 is 2.64 bits per heavy atom. The number of allylic oxidation sites excluding steroid dienone is 1. The van der Waals surface area contributed by atoms with Crippen molar-refractivity contribution >= 4 is 45.1 Å². The molecule has 180 valence electrons. The highest BCUT2D eigenvalue weighted by Gasteiger charge is 2.41. The Morgan fingerprint density at radius 2 is 1.86 bits per heavy atom. The fraction of sp³-hybridized carbons (Fsp3) is 0.207. The van der Waals surface area contributed by atoms with E-state index in [1.54, 1.807) is 12.1 Å². The van der Waals surface area contributed by atoms with E-state index in [-0.39, 0.29) is 21.9 Å². The molecule has 1 aliphatic carbocycles. The van der Waals surface area contributed by atoms with Crippen LogP contribution in [0, 0.1) is 15.5 Å². The van der Waals surface area contributed by atoms with Crippen molar-refractivity contribution in [1.82, 2.24) is 0 Å². The number of rotatable bonds is 3. The molecule has 3 aromatic carbocycles. The topological polar surface area (TPSA) is 85.4 Å². The van der Waals surface area contributed by atoms with Gasteiger partial charge in [-0.1, -0.05) is 55.8 Å². The van der Waals surface area contributed by atoms with Crippen LogP contribution in [-0.2, 0) is 4.79 Å². The standard InChI is InChI=1S/C29H23ClN2O4/c1-29(2)14-20-26-18-6-4-3-5-16(18)7-10-22(26)31-28(27(20)23(33)15-29)25-12-11-24(36-25)19-9-8-17(32(34)35)13-21(19)30/h3-13,28,31H,14-15H2,1-2H3/t28-/m1/s1. The van der Waals surface area contributed by atoms with Gasteiger partial charge in [0.1, 0.15) is 17.6 Å². The van der Waals surface area contributed by atoms with Gasteiger partial charge in [-0.3, -0.25) is 14.9 Å². The van der Waals surface area contributed by atoms with Gasteiger partial charge < -0.3 is 9.73 Å². The summed E-state index contributed by atoms with van der Waals surface area (Å²) in [5, 5.41) is 17.1. The van der Waals surface area contributed by atoms with E-state index in [9.17, 15) is 14.9 Å². The number of nitrogens with zero attached hydrogens (tertiary/aromatic N) is 1. The Bertz CT molecular complexity index is 1610. The van der Waals surface area contributed by atoms with Crippen molar-refractivity contribution in [2.24, 2.45) is 5.41 Å². The highest BCUT2D eigenvalue weighted by molar-refractivity contribution is 6.33. The summed E-state index contributed by atoms with van der Waals surface area (Å²) in [4.78, 5) is 24.2. The average Bonchev–Trinajstić information content (AvgIpc) is 3.32. The molecule has 0 spiro atoms. The van der Waals surface area contributed by atoms with Gasteiger partial charge in [-0.25, -0.2) is 0 Å². The van der Waals surface area contributed by atoms with Gasteiger partial charge in [0.2, 0.25) is 0 Å². The molecule has 1 aromatic heterocycles. The number of halogens is 1. The number of fused-ring (bicyclic) bond motifs is 4. The molecule has 0 saturated heterocycles. The maximum absolute atomic E-state index is 13.6. The van der Waals surface area contributed by atoms with Gasteiger partial charge in [0.15, 0.2) is 5.78 Å². The molecular weight excluding hydrogens is 476 g/mol. The number of carbonyl (C=O) groups excluding carboxylic acids is 1. The van der Waals surface area contributed by atoms with Crippen LogP contribution in [0.3, 0.4) is 0 Å². The van der Waals surface area contributed by atoms with E-state index in [2.05, 4.69) is 43.4 Å². The summed E-state index contributed by atoms with van der Waals surface area (Å²) >= 11 is 6.35. The van der Waals surface area contributed by atoms with Crippen molar-refractivity contribution in [2.75, 3.05) is 5.32 Å². The monoisotopic (exact) mass is 498 g/mol. The lowest BCUT2D eigenvalue weighted by molar-refractivity contribution is -0.384. The van der Waals surface area contributed by atoms with Crippen molar-refractivity contribution in [3.8, 4) is 11.3 Å². The third-order valence-electron chi connectivity index (χ3n) is 7.08. The van der Waals surface area contributed by atoms with Gasteiger partial charge in [-0.05, 0) is 52.4 Å². The van der Waals surface area contributed by atoms with Crippen LogP contribution in [0.25, 0.3) is 27.7 Å². The minimum atomic E-state index is -0.486. The fourth-order valence-corrected chi connectivity index (χ4v) is 5.79. The van der Waals surface area contributed by atoms with Crippen molar-refractivity contribution in [1.29, 1.82) is 0 Å². The number of ketones is 1. The van der Waals surface area contributed by atoms with E-state index in [1.165, 1.54) is 12.1 Å². The SMILES string of the molecule is CC1(C)CC(=O)C2=C(C1)c1c(ccc3ccccc13)N[C@@H]2c1ccc(-c2ccc([N+](=O)[O-])cc2Cl)o1. The molecule has 6 rings (SSSR count). The molecule has 1 N–H and O–H groups in total. The number of nitro groups is 1. The largest absolute Gasteiger partial charge is 0.458 e. The number of hydrogen-bond donors (Lipinski definition) is 1. The van der Waals surface area contributed by atoms with Crippen LogP contribution in [0.15, 0.2) is 76.7 Å². The van der Waals surface area contributed by atoms with E-state index >= 15 is 0 Å². The van der Waals surface area contributed by atoms with Gasteiger partial charge in [-0.2, -0.15) is 0 Å². The Labute approximate surface area is 212 Å². The van der Waals surface area contributed by atoms with Gasteiger partial charge >= 0.3 is 0 Å². The second-order valence-electron chi connectivity index (χ2n) is 10.2. The quantitative estimate of drug-likeness (QED) is 0.228. The molecule has 0 bridgehead atoms. The number of Topliss-reactive ketones (excluding diaryl/α,β-unsaturated/α-hetero) is 1. The second-order valence-corrected chi connectivity index (χ2v) is 10.7. The number of benzene rings is 3. The van der Waals surface area contributed by atoms with Crippen LogP contribution in [-0.4, -0.2) is 10.7 Å². The second kappa shape index (κ2) is 8.07. The van der Waals surface area contributed by atoms with Gasteiger partial charge in [0.05, 0.1) is 9.95 Å². The summed E-state index contributed by atoms with van der Waals surface area (Å²) in [6, 6.07) is 19.9. The lowest BCUT2D eigenvalue weighted by Gasteiger charge is -2.39. The number of nitrogens with one attached hydrogen (secondary N) is 1. The van der Waals surface area contributed by atoms with Crippen LogP contribution in [0.1, 0.15) is 44.1 Å². The van der Waals surface area contributed by atoms with Gasteiger partial charge in [0.25, 0.3) is 5.69 Å². The van der Waals surface area contributed by atoms with Crippen LogP contribution < -0.4 is 5.32 Å². The first-order valence-electron chi connectivity index (χ1n) is 11.8. The Balaban J connectivity index is 1.49. The van der Waals surface area contributed by atoms with E-state index in [4.69, 9.17) is 16.0 Å². The van der Waals surface area contributed by atoms with Crippen LogP contribution >= 0.6 is 11.6 Å². The highest BCUT2D eigenvalue weighted by Crippen LogP contribution is 2.52. The van der Waals surface area contributed by atoms with Gasteiger partial charge in [-0.15, -0.1) is 0 Å². The minimum absolute atomic E-state index is 0.0847. The Morgan fingerprint density at radius 1 is 1.06 bits per heavy atom. The predicted octanol–water partition coefficient (Wildman–Crippen LogP) is 7.97. The third-order valence-corrected chi connectivity index (χ3v) is 7.39. The number of non-ortho nitro benzene ring substituents is 1. The Kier molecular flexibility index (Phi) is 5.05. The van der Waals surface area contributed by atoms with Crippen molar-refractivity contribution in [3.63, 3.8) is 0 Å². The smallest absolute Gasteiger partial charge is 0.270 e. The zero-order chi connectivity index (χ0) is 25.2. The van der Waals surface area contributed by atoms with Gasteiger partial charge in [0, 0.05) is 40.9 Å². The van der Waals surface area contributed by atoms with Crippen LogP contribution in [0.4, 0.5) is 11.4 Å². The number of anilines is 1. The summed E-state index contributed by atoms with van der Waals surface area (Å²) in [6.45, 7) is 4.27. The maximum Gasteiger partial charge on any atom is 0.270 e. The number of hydrogen-bond acceptors (Lipinski definition) is 5. The summed E-state index contributed by atoms with van der Waals surface area (Å²) in [7, 11) is 0. The molecule has 0 saturated carbocycles. The molecule has 0 amide bonds. The average molecular weight is 499 g/mol. The molecule has 7 heteroatoms. The first-order valence-corrected chi connectivity index (χ1v) is 12.2. The summed E-state index contributed by atoms with van der Waals surface area (Å²) in [6.07, 6.45) is 1.25. The normalized spacial score (nSPS) is 18.5. The first-order chi connectivity index (χ1) is 17.2. The molecule has 1 aliphatic heterocycles. The summed E-state index contributed by atoms with van der Waals surface area (Å²) < 4.78 is 6.24. The molecule has 0 radical (unpaired) electrons. The molecular formula is C29H23ClN2O4. The number of furan rings is 1. The van der Waals surface area contributed by atoms with E-state index in [1.807, 2.05) is 18.2 Å². The molecule has 36 heavy (non-hydrogen) atoms. The van der Waals surface area contributed by atoms with E-state index in [0.29, 0.717) is 23.5 Å². The first kappa shape index (κ1) is 22.6. The third kappa shape index (κ3) is 3.60. The summed E-state index contributed by atoms with van der Waals surface area (Å²) in [5.41, 5.74) is 4.19. The fourth-order valence-electron chi connectivity index (χ4n) is 5.52. The molecule has 1 atom stereocenters. The lowest BCUT2D eigenvalue weighted by atomic mass is 9.68. The molecule has 0 fully saturated rings. The van der Waals surface area contributed by atoms with E-state index in [0.717, 1.165) is 39.6 Å². The highest BCUT2D eigenvalue weighted by atomic mass is 35.5. The van der Waals surface area contributed by atoms with Crippen molar-refractivity contribution in [2.45, 2.75) is 32.7 Å². The molecule has 6 nitrogen and oxygen atoms in total. The molecule has 4 aromatic rings. The summed E-state index contributed by atoms with van der Waals surface area (Å²) in [5.74, 6) is 1.20. The molecule has 2 heterocycles. The maximum atomic E-state index is 13.6. The van der Waals surface area contributed by atoms with Crippen molar-refractivity contribution < 1.29 is 14.1 Å². The van der Waals surface area contributed by atoms with E-state index < -0.39 is 11.0 Å². The number of carbonyl (C=O) groups is 1. The minimum Gasteiger partial charge on any atom is -0.458 e. The predicted molar refractivity (Wildman–Crippen MR) is 141 cm³/mol.